The highest BCUT2D eigenvalue weighted by Gasteiger charge is 2.27. The summed E-state index contributed by atoms with van der Waals surface area (Å²) >= 11 is 0. The van der Waals surface area contributed by atoms with E-state index in [0.717, 1.165) is 25.2 Å². The molecular formula is C24H32N2O5. The molecule has 1 aliphatic heterocycles. The number of benzene rings is 2. The molecule has 0 saturated carbocycles. The molecule has 31 heavy (non-hydrogen) atoms. The van der Waals surface area contributed by atoms with Gasteiger partial charge in [-0.15, -0.1) is 0 Å². The van der Waals surface area contributed by atoms with Crippen molar-refractivity contribution in [2.75, 3.05) is 58.1 Å². The first-order valence-electron chi connectivity index (χ1n) is 10.4. The van der Waals surface area contributed by atoms with Crippen LogP contribution in [0.3, 0.4) is 0 Å². The maximum Gasteiger partial charge on any atom is 0.337 e. The van der Waals surface area contributed by atoms with Crippen LogP contribution in [0.4, 0.5) is 11.4 Å². The minimum Gasteiger partial charge on any atom is -0.495 e. The lowest BCUT2D eigenvalue weighted by Gasteiger charge is -2.32. The van der Waals surface area contributed by atoms with Crippen LogP contribution in [0.2, 0.25) is 0 Å². The number of hydrogen-bond donors (Lipinski definition) is 0. The molecule has 3 rings (SSSR count). The summed E-state index contributed by atoms with van der Waals surface area (Å²) in [5.41, 5.74) is 3.79. The molecule has 1 unspecified atom stereocenters. The average Bonchev–Trinajstić information content (AvgIpc) is 3.29. The van der Waals surface area contributed by atoms with Crippen molar-refractivity contribution in [2.45, 2.75) is 25.5 Å². The highest BCUT2D eigenvalue weighted by molar-refractivity contribution is 5.90. The Morgan fingerprint density at radius 3 is 2.68 bits per heavy atom. The van der Waals surface area contributed by atoms with Crippen molar-refractivity contribution in [3.8, 4) is 5.75 Å². The summed E-state index contributed by atoms with van der Waals surface area (Å²) < 4.78 is 21.2. The van der Waals surface area contributed by atoms with Crippen LogP contribution in [-0.4, -0.2) is 60.3 Å². The van der Waals surface area contributed by atoms with Crippen molar-refractivity contribution >= 4 is 17.3 Å². The molecule has 0 bridgehead atoms. The van der Waals surface area contributed by atoms with Gasteiger partial charge in [0.2, 0.25) is 0 Å². The third kappa shape index (κ3) is 5.11. The average molecular weight is 429 g/mol. The number of methoxy groups -OCH3 is 3. The number of ether oxygens (including phenoxy) is 4. The predicted molar refractivity (Wildman–Crippen MR) is 121 cm³/mol. The second-order valence-electron chi connectivity index (χ2n) is 7.65. The molecule has 0 radical (unpaired) electrons. The van der Waals surface area contributed by atoms with Crippen molar-refractivity contribution in [2.24, 2.45) is 0 Å². The van der Waals surface area contributed by atoms with Crippen molar-refractivity contribution in [1.82, 2.24) is 0 Å². The van der Waals surface area contributed by atoms with E-state index in [1.165, 1.54) is 18.4 Å². The molecule has 1 fully saturated rings. The molecule has 2 atom stereocenters. The molecule has 1 heterocycles. The van der Waals surface area contributed by atoms with Gasteiger partial charge in [0, 0.05) is 32.9 Å². The van der Waals surface area contributed by atoms with E-state index in [1.54, 1.807) is 26.4 Å². The number of para-hydroxylation sites is 1. The van der Waals surface area contributed by atoms with Gasteiger partial charge >= 0.3 is 5.97 Å². The van der Waals surface area contributed by atoms with E-state index in [-0.39, 0.29) is 18.1 Å². The van der Waals surface area contributed by atoms with Gasteiger partial charge in [-0.25, -0.2) is 4.79 Å². The van der Waals surface area contributed by atoms with Crippen LogP contribution in [0, 0.1) is 0 Å². The quantitative estimate of drug-likeness (QED) is 0.444. The standard InChI is InChI=1S/C24H32N2O5/c1-17(25(2)22-11-10-18(24(27)30-5)14-23(22)29-4)20-8-6-7-9-21(20)26-13-12-19(15-26)31-16-28-3/h6-11,14,17,19H,12-13,15-16H2,1-5H3/t17?,19-/m0/s1. The highest BCUT2D eigenvalue weighted by atomic mass is 16.7. The zero-order valence-corrected chi connectivity index (χ0v) is 19.0. The Labute approximate surface area is 184 Å². The summed E-state index contributed by atoms with van der Waals surface area (Å²) in [5.74, 6) is 0.245. The van der Waals surface area contributed by atoms with Crippen LogP contribution in [0.5, 0.6) is 5.75 Å². The Balaban J connectivity index is 1.84. The fraction of sp³-hybridized carbons (Fsp3) is 0.458. The molecule has 1 aliphatic rings. The third-order valence-corrected chi connectivity index (χ3v) is 5.86. The lowest BCUT2D eigenvalue weighted by Crippen LogP contribution is -2.28. The molecule has 1 saturated heterocycles. The first kappa shape index (κ1) is 22.9. The second-order valence-corrected chi connectivity index (χ2v) is 7.65. The highest BCUT2D eigenvalue weighted by Crippen LogP contribution is 2.37. The summed E-state index contributed by atoms with van der Waals surface area (Å²) in [6, 6.07) is 13.9. The maximum absolute atomic E-state index is 11.9. The van der Waals surface area contributed by atoms with Crippen LogP contribution in [0.1, 0.15) is 35.3 Å². The van der Waals surface area contributed by atoms with Gasteiger partial charge in [0.15, 0.2) is 0 Å². The molecule has 7 nitrogen and oxygen atoms in total. The van der Waals surface area contributed by atoms with E-state index in [4.69, 9.17) is 18.9 Å². The number of carbonyl (C=O) groups excluding carboxylic acids is 1. The molecule has 0 amide bonds. The van der Waals surface area contributed by atoms with E-state index in [2.05, 4.69) is 41.0 Å². The van der Waals surface area contributed by atoms with Gasteiger partial charge in [0.1, 0.15) is 12.5 Å². The molecule has 2 aromatic rings. The smallest absolute Gasteiger partial charge is 0.337 e. The molecular weight excluding hydrogens is 396 g/mol. The van der Waals surface area contributed by atoms with Crippen LogP contribution < -0.4 is 14.5 Å². The fourth-order valence-corrected chi connectivity index (χ4v) is 4.01. The maximum atomic E-state index is 11.9. The lowest BCUT2D eigenvalue weighted by atomic mass is 10.0. The first-order valence-corrected chi connectivity index (χ1v) is 10.4. The summed E-state index contributed by atoms with van der Waals surface area (Å²) in [5, 5.41) is 0. The van der Waals surface area contributed by atoms with E-state index in [9.17, 15) is 4.79 Å². The number of rotatable bonds is 9. The summed E-state index contributed by atoms with van der Waals surface area (Å²) in [6.45, 7) is 4.27. The minimum atomic E-state index is -0.384. The number of nitrogens with zero attached hydrogens (tertiary/aromatic N) is 2. The first-order chi connectivity index (χ1) is 15.0. The summed E-state index contributed by atoms with van der Waals surface area (Å²) in [4.78, 5) is 16.4. The predicted octanol–water partition coefficient (Wildman–Crippen LogP) is 3.88. The van der Waals surface area contributed by atoms with Crippen LogP contribution in [0.15, 0.2) is 42.5 Å². The van der Waals surface area contributed by atoms with Gasteiger partial charge in [-0.3, -0.25) is 0 Å². The second kappa shape index (κ2) is 10.5. The van der Waals surface area contributed by atoms with Crippen LogP contribution >= 0.6 is 0 Å². The lowest BCUT2D eigenvalue weighted by molar-refractivity contribution is -0.0636. The third-order valence-electron chi connectivity index (χ3n) is 5.86. The number of hydrogen-bond acceptors (Lipinski definition) is 7. The molecule has 0 spiro atoms. The molecule has 7 heteroatoms. The molecule has 2 aromatic carbocycles. The summed E-state index contributed by atoms with van der Waals surface area (Å²) in [6.07, 6.45) is 1.15. The molecule has 168 valence electrons. The Bertz CT molecular complexity index is 888. The van der Waals surface area contributed by atoms with Gasteiger partial charge in [0.25, 0.3) is 0 Å². The van der Waals surface area contributed by atoms with E-state index in [1.807, 2.05) is 13.1 Å². The molecule has 0 aromatic heterocycles. The molecule has 0 aliphatic carbocycles. The van der Waals surface area contributed by atoms with E-state index >= 15 is 0 Å². The van der Waals surface area contributed by atoms with Crippen molar-refractivity contribution in [3.05, 3.63) is 53.6 Å². The van der Waals surface area contributed by atoms with Gasteiger partial charge in [-0.2, -0.15) is 0 Å². The minimum absolute atomic E-state index is 0.0769. The Morgan fingerprint density at radius 2 is 1.97 bits per heavy atom. The SMILES string of the molecule is COCO[C@H]1CCN(c2ccccc2C(C)N(C)c2ccc(C(=O)OC)cc2OC)C1. The number of anilines is 2. The van der Waals surface area contributed by atoms with Crippen LogP contribution in [0.25, 0.3) is 0 Å². The molecule has 0 N–H and O–H groups in total. The largest absolute Gasteiger partial charge is 0.495 e. The monoisotopic (exact) mass is 428 g/mol. The summed E-state index contributed by atoms with van der Waals surface area (Å²) in [7, 11) is 6.66. The van der Waals surface area contributed by atoms with Gasteiger partial charge in [0.05, 0.1) is 37.6 Å². The number of carbonyl (C=O) groups is 1. The number of esters is 1. The Hall–Kier alpha value is -2.77. The van der Waals surface area contributed by atoms with Crippen molar-refractivity contribution < 1.29 is 23.7 Å². The van der Waals surface area contributed by atoms with Crippen molar-refractivity contribution in [3.63, 3.8) is 0 Å². The van der Waals surface area contributed by atoms with Crippen molar-refractivity contribution in [1.29, 1.82) is 0 Å². The normalized spacial score (nSPS) is 16.8. The van der Waals surface area contributed by atoms with Gasteiger partial charge in [-0.1, -0.05) is 18.2 Å². The van der Waals surface area contributed by atoms with E-state index in [0.29, 0.717) is 18.1 Å². The topological polar surface area (TPSA) is 60.5 Å². The zero-order chi connectivity index (χ0) is 22.4. The van der Waals surface area contributed by atoms with Gasteiger partial charge < -0.3 is 28.7 Å². The van der Waals surface area contributed by atoms with Gasteiger partial charge in [-0.05, 0) is 43.2 Å². The Kier molecular flexibility index (Phi) is 7.76. The van der Waals surface area contributed by atoms with Crippen LogP contribution in [-0.2, 0) is 14.2 Å². The van der Waals surface area contributed by atoms with E-state index < -0.39 is 0 Å². The fourth-order valence-electron chi connectivity index (χ4n) is 4.01. The zero-order valence-electron chi connectivity index (χ0n) is 19.0. The Morgan fingerprint density at radius 1 is 1.19 bits per heavy atom.